The summed E-state index contributed by atoms with van der Waals surface area (Å²) >= 11 is 6.18. The molecule has 170 valence electrons. The second-order valence-corrected chi connectivity index (χ2v) is 10.9. The summed E-state index contributed by atoms with van der Waals surface area (Å²) in [5, 5.41) is 0.174. The minimum atomic E-state index is -3.25. The molecule has 1 aromatic heterocycles. The van der Waals surface area contributed by atoms with Crippen LogP contribution in [0, 0.1) is 5.92 Å². The largest absolute Gasteiger partial charge is 0.480 e. The van der Waals surface area contributed by atoms with Gasteiger partial charge < -0.3 is 9.64 Å². The van der Waals surface area contributed by atoms with Crippen LogP contribution in [0.5, 0.6) is 5.88 Å². The molecule has 32 heavy (non-hydrogen) atoms. The third-order valence-electron chi connectivity index (χ3n) is 6.02. The number of sulfone groups is 1. The standard InChI is InChI=1S/C24H27ClN2O4S/c1-3-23(28)27-13-12-16(15-27)14-20(22-11-10-21(25)24(26-22)31-2)17-4-6-18(7-5-17)32(29,30)19-8-9-19/h4-7,10-11,14,16,19H,3,8-9,12-13,15H2,1-2H3/b20-14-/t16-/m1/s1. The lowest BCUT2D eigenvalue weighted by molar-refractivity contribution is -0.129. The molecule has 2 aromatic rings. The Labute approximate surface area is 194 Å². The maximum absolute atomic E-state index is 12.6. The summed E-state index contributed by atoms with van der Waals surface area (Å²) in [7, 11) is -1.73. The van der Waals surface area contributed by atoms with Crippen LogP contribution in [-0.4, -0.2) is 49.7 Å². The van der Waals surface area contributed by atoms with E-state index in [0.717, 1.165) is 36.9 Å². The summed E-state index contributed by atoms with van der Waals surface area (Å²) in [5.41, 5.74) is 2.41. The Kier molecular flexibility index (Phi) is 6.58. The van der Waals surface area contributed by atoms with E-state index in [2.05, 4.69) is 11.1 Å². The summed E-state index contributed by atoms with van der Waals surface area (Å²) in [6, 6.07) is 10.6. The fourth-order valence-electron chi connectivity index (χ4n) is 4.05. The van der Waals surface area contributed by atoms with E-state index in [-0.39, 0.29) is 17.1 Å². The Bertz CT molecular complexity index is 1140. The molecule has 0 bridgehead atoms. The number of methoxy groups -OCH3 is 1. The van der Waals surface area contributed by atoms with Crippen LogP contribution in [0.4, 0.5) is 0 Å². The molecule has 1 aromatic carbocycles. The lowest BCUT2D eigenvalue weighted by atomic mass is 9.96. The molecule has 1 atom stereocenters. The topological polar surface area (TPSA) is 76.6 Å². The molecule has 2 heterocycles. The molecule has 1 aliphatic carbocycles. The number of hydrogen-bond donors (Lipinski definition) is 0. The summed E-state index contributed by atoms with van der Waals surface area (Å²) in [5.74, 6) is 0.666. The van der Waals surface area contributed by atoms with Crippen molar-refractivity contribution in [2.45, 2.75) is 42.8 Å². The maximum Gasteiger partial charge on any atom is 0.232 e. The molecule has 0 spiro atoms. The second-order valence-electron chi connectivity index (χ2n) is 8.28. The minimum Gasteiger partial charge on any atom is -0.480 e. The molecular formula is C24H27ClN2O4S. The molecule has 4 rings (SSSR count). The highest BCUT2D eigenvalue weighted by Gasteiger charge is 2.36. The zero-order valence-corrected chi connectivity index (χ0v) is 19.8. The van der Waals surface area contributed by atoms with E-state index in [0.29, 0.717) is 34.5 Å². The van der Waals surface area contributed by atoms with Crippen molar-refractivity contribution in [2.75, 3.05) is 20.2 Å². The SMILES string of the molecule is CCC(=O)N1CC[C@H](/C=C(/c2ccc(S(=O)(=O)C3CC3)cc2)c2ccc(Cl)c(OC)n2)C1. The van der Waals surface area contributed by atoms with Gasteiger partial charge in [-0.15, -0.1) is 0 Å². The van der Waals surface area contributed by atoms with Crippen LogP contribution >= 0.6 is 11.6 Å². The molecule has 0 radical (unpaired) electrons. The Balaban J connectivity index is 1.70. The van der Waals surface area contributed by atoms with Crippen molar-refractivity contribution in [1.82, 2.24) is 9.88 Å². The Hall–Kier alpha value is -2.38. The third-order valence-corrected chi connectivity index (χ3v) is 8.59. The molecular weight excluding hydrogens is 448 g/mol. The van der Waals surface area contributed by atoms with E-state index in [9.17, 15) is 13.2 Å². The zero-order chi connectivity index (χ0) is 22.9. The van der Waals surface area contributed by atoms with E-state index in [1.165, 1.54) is 7.11 Å². The van der Waals surface area contributed by atoms with Gasteiger partial charge in [-0.2, -0.15) is 0 Å². The molecule has 8 heteroatoms. The van der Waals surface area contributed by atoms with Crippen LogP contribution in [0.3, 0.4) is 0 Å². The van der Waals surface area contributed by atoms with Crippen molar-refractivity contribution < 1.29 is 17.9 Å². The van der Waals surface area contributed by atoms with Crippen molar-refractivity contribution in [3.8, 4) is 5.88 Å². The van der Waals surface area contributed by atoms with Crippen molar-refractivity contribution in [3.63, 3.8) is 0 Å². The van der Waals surface area contributed by atoms with Gasteiger partial charge in [0.15, 0.2) is 9.84 Å². The predicted molar refractivity (Wildman–Crippen MR) is 125 cm³/mol. The fourth-order valence-corrected chi connectivity index (χ4v) is 5.89. The van der Waals surface area contributed by atoms with Gasteiger partial charge in [0.1, 0.15) is 5.02 Å². The van der Waals surface area contributed by atoms with Gasteiger partial charge in [-0.3, -0.25) is 4.79 Å². The number of pyridine rings is 1. The molecule has 2 fully saturated rings. The molecule has 1 saturated carbocycles. The lowest BCUT2D eigenvalue weighted by Gasteiger charge is -2.16. The van der Waals surface area contributed by atoms with Gasteiger partial charge in [0.2, 0.25) is 11.8 Å². The van der Waals surface area contributed by atoms with Gasteiger partial charge >= 0.3 is 0 Å². The Morgan fingerprint density at radius 3 is 2.53 bits per heavy atom. The smallest absolute Gasteiger partial charge is 0.232 e. The zero-order valence-electron chi connectivity index (χ0n) is 18.3. The highest BCUT2D eigenvalue weighted by atomic mass is 35.5. The number of carbonyl (C=O) groups is 1. The number of benzene rings is 1. The summed E-state index contributed by atoms with van der Waals surface area (Å²) in [4.78, 5) is 18.9. The first kappa shape index (κ1) is 22.8. The first-order chi connectivity index (χ1) is 15.3. The average Bonchev–Trinajstić information content (AvgIpc) is 3.57. The van der Waals surface area contributed by atoms with E-state index in [4.69, 9.17) is 16.3 Å². The number of rotatable bonds is 7. The highest BCUT2D eigenvalue weighted by molar-refractivity contribution is 7.92. The van der Waals surface area contributed by atoms with E-state index in [1.54, 1.807) is 18.2 Å². The van der Waals surface area contributed by atoms with Gasteiger partial charge in [0, 0.05) is 25.1 Å². The summed E-state index contributed by atoms with van der Waals surface area (Å²) in [6.45, 7) is 3.27. The quantitative estimate of drug-likeness (QED) is 0.595. The molecule has 0 N–H and O–H groups in total. The van der Waals surface area contributed by atoms with E-state index >= 15 is 0 Å². The van der Waals surface area contributed by atoms with Crippen LogP contribution in [0.2, 0.25) is 5.02 Å². The van der Waals surface area contributed by atoms with Crippen LogP contribution < -0.4 is 4.74 Å². The van der Waals surface area contributed by atoms with E-state index in [1.807, 2.05) is 30.0 Å². The van der Waals surface area contributed by atoms with Gasteiger partial charge in [0.05, 0.1) is 22.9 Å². The van der Waals surface area contributed by atoms with Gasteiger partial charge in [-0.1, -0.05) is 36.7 Å². The number of likely N-dealkylation sites (tertiary alicyclic amines) is 1. The second kappa shape index (κ2) is 9.24. The minimum absolute atomic E-state index is 0.156. The molecule has 0 unspecified atom stereocenters. The van der Waals surface area contributed by atoms with Gasteiger partial charge in [0.25, 0.3) is 0 Å². The number of carbonyl (C=O) groups excluding carboxylic acids is 1. The molecule has 1 amide bonds. The predicted octanol–water partition coefficient (Wildman–Crippen LogP) is 4.37. The monoisotopic (exact) mass is 474 g/mol. The van der Waals surface area contributed by atoms with Crippen molar-refractivity contribution in [2.24, 2.45) is 5.92 Å². The molecule has 2 aliphatic rings. The van der Waals surface area contributed by atoms with Gasteiger partial charge in [-0.25, -0.2) is 13.4 Å². The lowest BCUT2D eigenvalue weighted by Crippen LogP contribution is -2.27. The molecule has 1 aliphatic heterocycles. The number of nitrogens with zero attached hydrogens (tertiary/aromatic N) is 2. The summed E-state index contributed by atoms with van der Waals surface area (Å²) < 4.78 is 30.5. The normalized spacial score (nSPS) is 19.3. The Morgan fingerprint density at radius 2 is 1.91 bits per heavy atom. The Morgan fingerprint density at radius 1 is 1.19 bits per heavy atom. The number of amides is 1. The highest BCUT2D eigenvalue weighted by Crippen LogP contribution is 2.35. The van der Waals surface area contributed by atoms with Crippen LogP contribution in [0.1, 0.15) is 43.9 Å². The maximum atomic E-state index is 12.6. The first-order valence-electron chi connectivity index (χ1n) is 10.9. The van der Waals surface area contributed by atoms with Crippen molar-refractivity contribution in [3.05, 3.63) is 58.8 Å². The van der Waals surface area contributed by atoms with E-state index < -0.39 is 9.84 Å². The molecule has 6 nitrogen and oxygen atoms in total. The first-order valence-corrected chi connectivity index (χ1v) is 12.8. The average molecular weight is 475 g/mol. The summed E-state index contributed by atoms with van der Waals surface area (Å²) in [6.07, 6.45) is 4.96. The van der Waals surface area contributed by atoms with Crippen LogP contribution in [-0.2, 0) is 14.6 Å². The fraction of sp³-hybridized carbons (Fsp3) is 0.417. The third kappa shape index (κ3) is 4.69. The van der Waals surface area contributed by atoms with Crippen molar-refractivity contribution >= 4 is 32.9 Å². The number of aromatic nitrogens is 1. The number of halogens is 1. The van der Waals surface area contributed by atoms with Crippen LogP contribution in [0.25, 0.3) is 5.57 Å². The van der Waals surface area contributed by atoms with Crippen LogP contribution in [0.15, 0.2) is 47.4 Å². The van der Waals surface area contributed by atoms with Gasteiger partial charge in [-0.05, 0) is 55.0 Å². The number of hydrogen-bond acceptors (Lipinski definition) is 5. The van der Waals surface area contributed by atoms with Crippen molar-refractivity contribution in [1.29, 1.82) is 0 Å². The number of ether oxygens (including phenoxy) is 1. The molecule has 1 saturated heterocycles.